The summed E-state index contributed by atoms with van der Waals surface area (Å²) in [6.45, 7) is 6.25. The Bertz CT molecular complexity index is 1010. The van der Waals surface area contributed by atoms with Gasteiger partial charge in [-0.15, -0.1) is 0 Å². The van der Waals surface area contributed by atoms with Crippen LogP contribution in [0.4, 0.5) is 5.69 Å². The molecule has 0 atom stereocenters. The first kappa shape index (κ1) is 21.7. The molecule has 8 heteroatoms. The van der Waals surface area contributed by atoms with Gasteiger partial charge < -0.3 is 9.47 Å². The van der Waals surface area contributed by atoms with Crippen LogP contribution in [0.3, 0.4) is 0 Å². The molecule has 0 N–H and O–H groups in total. The van der Waals surface area contributed by atoms with E-state index < -0.39 is 0 Å². The van der Waals surface area contributed by atoms with Crippen molar-refractivity contribution in [3.63, 3.8) is 0 Å². The molecular weight excluding hydrogens is 449 g/mol. The molecule has 1 aliphatic rings. The summed E-state index contributed by atoms with van der Waals surface area (Å²) in [7, 11) is 0. The first-order chi connectivity index (χ1) is 13.9. The van der Waals surface area contributed by atoms with E-state index in [4.69, 9.17) is 44.9 Å². The van der Waals surface area contributed by atoms with Crippen molar-refractivity contribution in [3.05, 3.63) is 69.6 Å². The third kappa shape index (κ3) is 4.95. The molecule has 0 spiro atoms. The number of rotatable bonds is 7. The van der Waals surface area contributed by atoms with E-state index >= 15 is 0 Å². The summed E-state index contributed by atoms with van der Waals surface area (Å²) in [5.74, 6) is 0.721. The van der Waals surface area contributed by atoms with Gasteiger partial charge in [0.2, 0.25) is 0 Å². The van der Waals surface area contributed by atoms with E-state index in [-0.39, 0.29) is 5.91 Å². The van der Waals surface area contributed by atoms with Gasteiger partial charge >= 0.3 is 0 Å². The number of hydrogen-bond donors (Lipinski definition) is 0. The first-order valence-electron chi connectivity index (χ1n) is 8.68. The van der Waals surface area contributed by atoms with Crippen molar-refractivity contribution >= 4 is 69.2 Å². The number of anilines is 1. The van der Waals surface area contributed by atoms with Crippen LogP contribution < -0.4 is 14.4 Å². The Morgan fingerprint density at radius 1 is 1.24 bits per heavy atom. The maximum absolute atomic E-state index is 12.9. The summed E-state index contributed by atoms with van der Waals surface area (Å²) >= 11 is 19.1. The quantitative estimate of drug-likeness (QED) is 0.270. The van der Waals surface area contributed by atoms with Crippen molar-refractivity contribution < 1.29 is 14.3 Å². The van der Waals surface area contributed by atoms with Crippen molar-refractivity contribution in [2.24, 2.45) is 0 Å². The van der Waals surface area contributed by atoms with Gasteiger partial charge in [0.1, 0.15) is 6.61 Å². The highest BCUT2D eigenvalue weighted by Gasteiger charge is 2.33. The summed E-state index contributed by atoms with van der Waals surface area (Å²) in [5.41, 5.74) is 1.33. The van der Waals surface area contributed by atoms with Crippen LogP contribution in [0, 0.1) is 0 Å². The molecule has 0 saturated carbocycles. The molecule has 0 aromatic heterocycles. The molecule has 0 radical (unpaired) electrons. The van der Waals surface area contributed by atoms with Crippen molar-refractivity contribution in [3.8, 4) is 11.5 Å². The van der Waals surface area contributed by atoms with Crippen molar-refractivity contribution in [1.82, 2.24) is 0 Å². The normalized spacial score (nSPS) is 15.1. The molecule has 1 saturated heterocycles. The highest BCUT2D eigenvalue weighted by atomic mass is 35.5. The van der Waals surface area contributed by atoms with Gasteiger partial charge in [0, 0.05) is 5.02 Å². The van der Waals surface area contributed by atoms with Crippen LogP contribution in [-0.2, 0) is 4.79 Å². The third-order valence-electron chi connectivity index (χ3n) is 3.84. The zero-order chi connectivity index (χ0) is 21.0. The predicted molar refractivity (Wildman–Crippen MR) is 125 cm³/mol. The molecule has 4 nitrogen and oxygen atoms in total. The fourth-order valence-corrected chi connectivity index (χ4v) is 4.43. The van der Waals surface area contributed by atoms with E-state index in [9.17, 15) is 4.79 Å². The molecule has 0 aliphatic carbocycles. The maximum Gasteiger partial charge on any atom is 0.270 e. The van der Waals surface area contributed by atoms with Gasteiger partial charge in [0.15, 0.2) is 15.8 Å². The largest absolute Gasteiger partial charge is 0.490 e. The Kier molecular flexibility index (Phi) is 7.24. The summed E-state index contributed by atoms with van der Waals surface area (Å²) in [5, 5.41) is 0.915. The number of ether oxygens (including phenoxy) is 2. The fourth-order valence-electron chi connectivity index (χ4n) is 2.67. The van der Waals surface area contributed by atoms with Gasteiger partial charge in [-0.3, -0.25) is 9.69 Å². The lowest BCUT2D eigenvalue weighted by molar-refractivity contribution is -0.113. The van der Waals surface area contributed by atoms with Crippen LogP contribution in [0.1, 0.15) is 12.5 Å². The summed E-state index contributed by atoms with van der Waals surface area (Å²) in [6.07, 6.45) is 3.36. The number of hydrogen-bond acceptors (Lipinski definition) is 5. The van der Waals surface area contributed by atoms with E-state index in [1.54, 1.807) is 48.6 Å². The number of thioether (sulfide) groups is 1. The second kappa shape index (κ2) is 9.67. The van der Waals surface area contributed by atoms with Gasteiger partial charge in [0.05, 0.1) is 22.2 Å². The molecule has 1 amide bonds. The van der Waals surface area contributed by atoms with Gasteiger partial charge in [-0.25, -0.2) is 0 Å². The Hall–Kier alpha value is -1.99. The van der Waals surface area contributed by atoms with Crippen LogP contribution in [0.15, 0.2) is 54.0 Å². The minimum atomic E-state index is -0.219. The molecule has 150 valence electrons. The van der Waals surface area contributed by atoms with Crippen LogP contribution in [0.5, 0.6) is 11.5 Å². The van der Waals surface area contributed by atoms with Gasteiger partial charge in [-0.1, -0.05) is 65.9 Å². The van der Waals surface area contributed by atoms with Gasteiger partial charge in [-0.2, -0.15) is 0 Å². The van der Waals surface area contributed by atoms with E-state index in [1.165, 1.54) is 16.7 Å². The lowest BCUT2D eigenvalue weighted by atomic mass is 10.1. The Morgan fingerprint density at radius 2 is 2.03 bits per heavy atom. The molecule has 1 heterocycles. The topological polar surface area (TPSA) is 38.8 Å². The molecule has 0 unspecified atom stereocenters. The molecule has 1 fully saturated rings. The zero-order valence-corrected chi connectivity index (χ0v) is 18.6. The molecule has 2 aromatic carbocycles. The van der Waals surface area contributed by atoms with E-state index in [1.807, 2.05) is 6.92 Å². The minimum Gasteiger partial charge on any atom is -0.490 e. The molecular formula is C21H17Cl2NO3S2. The summed E-state index contributed by atoms with van der Waals surface area (Å²) < 4.78 is 11.7. The number of benzene rings is 2. The monoisotopic (exact) mass is 465 g/mol. The highest BCUT2D eigenvalue weighted by molar-refractivity contribution is 8.27. The van der Waals surface area contributed by atoms with Crippen molar-refractivity contribution in [2.45, 2.75) is 6.92 Å². The van der Waals surface area contributed by atoms with Gasteiger partial charge in [-0.05, 0) is 48.9 Å². The molecule has 29 heavy (non-hydrogen) atoms. The summed E-state index contributed by atoms with van der Waals surface area (Å²) in [4.78, 5) is 14.9. The van der Waals surface area contributed by atoms with Crippen LogP contribution in [0.25, 0.3) is 6.08 Å². The second-order valence-corrected chi connectivity index (χ2v) is 8.38. The third-order valence-corrected chi connectivity index (χ3v) is 5.65. The van der Waals surface area contributed by atoms with Crippen LogP contribution >= 0.6 is 47.2 Å². The molecule has 2 aromatic rings. The lowest BCUT2D eigenvalue weighted by Crippen LogP contribution is -2.27. The molecule has 3 rings (SSSR count). The highest BCUT2D eigenvalue weighted by Crippen LogP contribution is 2.40. The van der Waals surface area contributed by atoms with Gasteiger partial charge in [0.25, 0.3) is 5.91 Å². The van der Waals surface area contributed by atoms with E-state index in [0.29, 0.717) is 55.2 Å². The zero-order valence-electron chi connectivity index (χ0n) is 15.5. The molecule has 1 aliphatic heterocycles. The maximum atomic E-state index is 12.9. The average Bonchev–Trinajstić information content (AvgIpc) is 2.94. The Balaban J connectivity index is 1.94. The van der Waals surface area contributed by atoms with Crippen molar-refractivity contribution in [1.29, 1.82) is 0 Å². The number of thiocarbonyl (C=S) groups is 1. The number of halogens is 2. The molecule has 0 bridgehead atoms. The second-order valence-electron chi connectivity index (χ2n) is 5.86. The van der Waals surface area contributed by atoms with Crippen LogP contribution in [0.2, 0.25) is 10.0 Å². The lowest BCUT2D eigenvalue weighted by Gasteiger charge is -2.14. The predicted octanol–water partition coefficient (Wildman–Crippen LogP) is 6.36. The fraction of sp³-hybridized carbons (Fsp3) is 0.143. The van der Waals surface area contributed by atoms with Crippen LogP contribution in [-0.4, -0.2) is 23.4 Å². The standard InChI is InChI=1S/C21H17Cl2NO3S2/c1-3-8-27-19-16(23)9-13(10-17(19)26-4-2)11-18-20(25)24(21(28)29-18)15-7-5-6-14(22)12-15/h3,5-7,9-12H,1,4,8H2,2H3/b18-11-. The Morgan fingerprint density at radius 3 is 2.72 bits per heavy atom. The number of amides is 1. The first-order valence-corrected chi connectivity index (χ1v) is 10.7. The smallest absolute Gasteiger partial charge is 0.270 e. The van der Waals surface area contributed by atoms with E-state index in [0.717, 1.165) is 0 Å². The summed E-state index contributed by atoms with van der Waals surface area (Å²) in [6, 6.07) is 10.5. The number of carbonyl (C=O) groups is 1. The SMILES string of the molecule is C=CCOc1c(Cl)cc(/C=C2\SC(=S)N(c3cccc(Cl)c3)C2=O)cc1OCC. The Labute approximate surface area is 189 Å². The average molecular weight is 466 g/mol. The van der Waals surface area contributed by atoms with E-state index in [2.05, 4.69) is 6.58 Å². The number of nitrogens with zero attached hydrogens (tertiary/aromatic N) is 1. The number of carbonyl (C=O) groups excluding carboxylic acids is 1. The van der Waals surface area contributed by atoms with Crippen molar-refractivity contribution in [2.75, 3.05) is 18.1 Å². The minimum absolute atomic E-state index is 0.219.